The summed E-state index contributed by atoms with van der Waals surface area (Å²) in [6, 6.07) is 15.9. The van der Waals surface area contributed by atoms with Crippen LogP contribution in [0.15, 0.2) is 65.8 Å². The highest BCUT2D eigenvalue weighted by molar-refractivity contribution is 6.00. The normalized spacial score (nSPS) is 17.2. The molecule has 1 amide bonds. The molecule has 9 nitrogen and oxygen atoms in total. The topological polar surface area (TPSA) is 110 Å². The van der Waals surface area contributed by atoms with Crippen molar-refractivity contribution in [1.82, 2.24) is 24.1 Å². The number of aryl methyl sites for hydroxylation is 1. The number of Topliss-reactive ketones (excluding diaryl/α,β-unsaturated/α-hetero) is 1. The standard InChI is InChI=1S/C31H33N5O4/c1-21(22-5-3-2-4-6-22)7-12-28(38)34-15-13-31(40,14-16-34)19-35-20-33-36-26(18-32-29(36)30(35)39)24-8-10-25-23(17-24)9-11-27(25)37/h2-6,8,10,17-18,20-21,40H,7,9,11-16,19H2,1H3/t21-/m1/s1. The average Bonchev–Trinajstić information content (AvgIpc) is 3.57. The summed E-state index contributed by atoms with van der Waals surface area (Å²) in [5.41, 5.74) is 3.25. The van der Waals surface area contributed by atoms with Gasteiger partial charge in [-0.15, -0.1) is 0 Å². The molecule has 9 heteroatoms. The predicted molar refractivity (Wildman–Crippen MR) is 150 cm³/mol. The summed E-state index contributed by atoms with van der Waals surface area (Å²) in [6.45, 7) is 3.13. The fraction of sp³-hybridized carbons (Fsp3) is 0.387. The zero-order valence-electron chi connectivity index (χ0n) is 22.6. The number of carbonyl (C=O) groups is 2. The molecule has 0 radical (unpaired) electrons. The molecule has 2 aromatic heterocycles. The third-order valence-corrected chi connectivity index (χ3v) is 8.49. The van der Waals surface area contributed by atoms with Crippen molar-refractivity contribution < 1.29 is 14.7 Å². The lowest BCUT2D eigenvalue weighted by Crippen LogP contribution is -2.49. The molecule has 3 heterocycles. The van der Waals surface area contributed by atoms with Crippen molar-refractivity contribution in [3.05, 3.63) is 88.1 Å². The SMILES string of the molecule is C[C@H](CCC(=O)N1CCC(O)(Cn2cnn3c(-c4ccc5c(c4)CCC5=O)cnc3c2=O)CC1)c1ccccc1. The van der Waals surface area contributed by atoms with Gasteiger partial charge in [-0.05, 0) is 48.8 Å². The highest BCUT2D eigenvalue weighted by Crippen LogP contribution is 2.29. The zero-order valence-corrected chi connectivity index (χ0v) is 22.6. The van der Waals surface area contributed by atoms with Crippen molar-refractivity contribution in [1.29, 1.82) is 0 Å². The van der Waals surface area contributed by atoms with E-state index in [-0.39, 0.29) is 29.4 Å². The summed E-state index contributed by atoms with van der Waals surface area (Å²) >= 11 is 0. The van der Waals surface area contributed by atoms with E-state index in [2.05, 4.69) is 29.1 Å². The molecule has 0 unspecified atom stereocenters. The number of fused-ring (bicyclic) bond motifs is 2. The van der Waals surface area contributed by atoms with Crippen LogP contribution >= 0.6 is 0 Å². The van der Waals surface area contributed by atoms with Gasteiger partial charge in [0.1, 0.15) is 6.33 Å². The molecule has 0 saturated carbocycles. The lowest BCUT2D eigenvalue weighted by Gasteiger charge is -2.38. The maximum absolute atomic E-state index is 13.3. The minimum atomic E-state index is -1.11. The Labute approximate surface area is 232 Å². The first-order chi connectivity index (χ1) is 19.3. The molecule has 2 aliphatic rings. The second kappa shape index (κ2) is 10.5. The number of rotatable bonds is 7. The molecule has 4 aromatic rings. The molecule has 6 rings (SSSR count). The number of amides is 1. The second-order valence-electron chi connectivity index (χ2n) is 11.2. The summed E-state index contributed by atoms with van der Waals surface area (Å²) in [5.74, 6) is 0.564. The Bertz CT molecular complexity index is 1630. The molecule has 206 valence electrons. The van der Waals surface area contributed by atoms with Crippen LogP contribution in [0.25, 0.3) is 16.9 Å². The van der Waals surface area contributed by atoms with Gasteiger partial charge in [-0.25, -0.2) is 9.50 Å². The van der Waals surface area contributed by atoms with E-state index in [9.17, 15) is 19.5 Å². The van der Waals surface area contributed by atoms with Crippen molar-refractivity contribution in [2.45, 2.75) is 63.5 Å². The molecule has 0 spiro atoms. The highest BCUT2D eigenvalue weighted by atomic mass is 16.3. The Morgan fingerprint density at radius 1 is 1.07 bits per heavy atom. The van der Waals surface area contributed by atoms with Gasteiger partial charge in [0.05, 0.1) is 24.0 Å². The second-order valence-corrected chi connectivity index (χ2v) is 11.2. The average molecular weight is 540 g/mol. The van der Waals surface area contributed by atoms with Crippen LogP contribution in [0.4, 0.5) is 0 Å². The minimum Gasteiger partial charge on any atom is -0.388 e. The summed E-state index contributed by atoms with van der Waals surface area (Å²) in [4.78, 5) is 44.3. The quantitative estimate of drug-likeness (QED) is 0.384. The number of aliphatic hydroxyl groups is 1. The van der Waals surface area contributed by atoms with Crippen LogP contribution in [0.1, 0.15) is 66.4 Å². The molecule has 1 fully saturated rings. The minimum absolute atomic E-state index is 0.0888. The number of benzene rings is 2. The zero-order chi connectivity index (χ0) is 27.9. The van der Waals surface area contributed by atoms with E-state index in [0.717, 1.165) is 23.1 Å². The van der Waals surface area contributed by atoms with Crippen molar-refractivity contribution in [2.75, 3.05) is 13.1 Å². The number of piperidine rings is 1. The van der Waals surface area contributed by atoms with Crippen molar-refractivity contribution >= 4 is 17.3 Å². The van der Waals surface area contributed by atoms with Gasteiger partial charge >= 0.3 is 0 Å². The van der Waals surface area contributed by atoms with Crippen LogP contribution in [0.3, 0.4) is 0 Å². The van der Waals surface area contributed by atoms with E-state index in [1.54, 1.807) is 6.20 Å². The van der Waals surface area contributed by atoms with E-state index in [4.69, 9.17) is 0 Å². The molecule has 1 saturated heterocycles. The molecular weight excluding hydrogens is 506 g/mol. The van der Waals surface area contributed by atoms with Crippen LogP contribution in [0.5, 0.6) is 0 Å². The lowest BCUT2D eigenvalue weighted by atomic mass is 9.90. The van der Waals surface area contributed by atoms with Crippen LogP contribution in [0, 0.1) is 0 Å². The number of likely N-dealkylation sites (tertiary alicyclic amines) is 1. The third kappa shape index (κ3) is 4.97. The van der Waals surface area contributed by atoms with Crippen LogP contribution in [0.2, 0.25) is 0 Å². The summed E-state index contributed by atoms with van der Waals surface area (Å²) in [7, 11) is 0. The first-order valence-corrected chi connectivity index (χ1v) is 14.0. The maximum Gasteiger partial charge on any atom is 0.296 e. The van der Waals surface area contributed by atoms with Crippen LogP contribution in [-0.4, -0.2) is 59.6 Å². The molecule has 0 bridgehead atoms. The van der Waals surface area contributed by atoms with E-state index >= 15 is 0 Å². The molecule has 1 N–H and O–H groups in total. The first kappa shape index (κ1) is 26.1. The number of ketones is 1. The largest absolute Gasteiger partial charge is 0.388 e. The van der Waals surface area contributed by atoms with Crippen molar-refractivity contribution in [3.8, 4) is 11.3 Å². The molecule has 1 atom stereocenters. The van der Waals surface area contributed by atoms with Gasteiger partial charge in [-0.3, -0.25) is 19.0 Å². The number of aromatic nitrogens is 4. The van der Waals surface area contributed by atoms with Crippen LogP contribution in [-0.2, 0) is 17.8 Å². The molecule has 1 aliphatic heterocycles. The van der Waals surface area contributed by atoms with Gasteiger partial charge in [0.15, 0.2) is 5.78 Å². The Morgan fingerprint density at radius 2 is 1.85 bits per heavy atom. The molecule has 2 aromatic carbocycles. The maximum atomic E-state index is 13.3. The first-order valence-electron chi connectivity index (χ1n) is 14.0. The third-order valence-electron chi connectivity index (χ3n) is 8.49. The van der Waals surface area contributed by atoms with E-state index < -0.39 is 5.60 Å². The van der Waals surface area contributed by atoms with Gasteiger partial charge in [-0.2, -0.15) is 5.10 Å². The highest BCUT2D eigenvalue weighted by Gasteiger charge is 2.35. The Kier molecular flexibility index (Phi) is 6.83. The predicted octanol–water partition coefficient (Wildman–Crippen LogP) is 3.62. The van der Waals surface area contributed by atoms with Gasteiger partial charge in [-0.1, -0.05) is 49.4 Å². The fourth-order valence-corrected chi connectivity index (χ4v) is 5.92. The van der Waals surface area contributed by atoms with Gasteiger partial charge in [0.25, 0.3) is 5.56 Å². The van der Waals surface area contributed by atoms with Gasteiger partial charge < -0.3 is 10.0 Å². The van der Waals surface area contributed by atoms with E-state index in [1.807, 2.05) is 41.3 Å². The Morgan fingerprint density at radius 3 is 2.62 bits per heavy atom. The lowest BCUT2D eigenvalue weighted by molar-refractivity contribution is -0.136. The number of nitrogens with zero attached hydrogens (tertiary/aromatic N) is 5. The van der Waals surface area contributed by atoms with Crippen molar-refractivity contribution in [2.24, 2.45) is 0 Å². The summed E-state index contributed by atoms with van der Waals surface area (Å²) in [6.07, 6.45) is 6.32. The number of carbonyl (C=O) groups excluding carboxylic acids is 2. The molecule has 1 aliphatic carbocycles. The number of hydrogen-bond acceptors (Lipinski definition) is 6. The Hall–Kier alpha value is -4.11. The van der Waals surface area contributed by atoms with Gasteiger partial charge in [0, 0.05) is 37.1 Å². The van der Waals surface area contributed by atoms with E-state index in [1.165, 1.54) is 21.0 Å². The number of hydrogen-bond donors (Lipinski definition) is 1. The molecular formula is C31H33N5O4. The van der Waals surface area contributed by atoms with Crippen LogP contribution < -0.4 is 5.56 Å². The Balaban J connectivity index is 1.10. The summed E-state index contributed by atoms with van der Waals surface area (Å²) < 4.78 is 2.92. The van der Waals surface area contributed by atoms with E-state index in [0.29, 0.717) is 56.8 Å². The van der Waals surface area contributed by atoms with Gasteiger partial charge in [0.2, 0.25) is 11.6 Å². The number of imidazole rings is 1. The fourth-order valence-electron chi connectivity index (χ4n) is 5.92. The van der Waals surface area contributed by atoms with Crippen molar-refractivity contribution in [3.63, 3.8) is 0 Å². The smallest absolute Gasteiger partial charge is 0.296 e. The molecule has 40 heavy (non-hydrogen) atoms. The summed E-state index contributed by atoms with van der Waals surface area (Å²) in [5, 5.41) is 15.8. The monoisotopic (exact) mass is 539 g/mol.